The number of carbonyl (C=O) groups is 1. The van der Waals surface area contributed by atoms with Crippen molar-refractivity contribution in [2.45, 2.75) is 49.7 Å². The molecule has 1 fully saturated rings. The highest BCUT2D eigenvalue weighted by Crippen LogP contribution is 2.27. The molecule has 0 bridgehead atoms. The van der Waals surface area contributed by atoms with Gasteiger partial charge < -0.3 is 11.1 Å². The number of hydrogen-bond donors (Lipinski definition) is 2. The van der Waals surface area contributed by atoms with Gasteiger partial charge in [0.15, 0.2) is 9.84 Å². The summed E-state index contributed by atoms with van der Waals surface area (Å²) in [5.74, 6) is -0.470. The summed E-state index contributed by atoms with van der Waals surface area (Å²) in [6, 6.07) is 7.08. The Labute approximate surface area is 125 Å². The number of rotatable bonds is 5. The van der Waals surface area contributed by atoms with Crippen LogP contribution in [0.1, 0.15) is 38.2 Å². The summed E-state index contributed by atoms with van der Waals surface area (Å²) >= 11 is 0. The Morgan fingerprint density at radius 2 is 1.86 bits per heavy atom. The predicted octanol–water partition coefficient (Wildman–Crippen LogP) is 1.83. The molecule has 6 heteroatoms. The molecule has 1 aliphatic rings. The second-order valence-electron chi connectivity index (χ2n) is 5.53. The molecule has 0 aliphatic heterocycles. The maximum Gasteiger partial charge on any atom is 0.242 e. The predicted molar refractivity (Wildman–Crippen MR) is 83.6 cm³/mol. The molecule has 2 rings (SSSR count). The summed E-state index contributed by atoms with van der Waals surface area (Å²) in [6.07, 6.45) is 3.20. The molecule has 5 nitrogen and oxygen atoms in total. The number of hydrogen-bond acceptors (Lipinski definition) is 4. The lowest BCUT2D eigenvalue weighted by Gasteiger charge is -2.17. The minimum absolute atomic E-state index is 0.363. The molecule has 1 unspecified atom stereocenters. The van der Waals surface area contributed by atoms with E-state index in [1.807, 2.05) is 12.1 Å². The summed E-state index contributed by atoms with van der Waals surface area (Å²) in [4.78, 5) is 12.2. The third-order valence-corrected chi connectivity index (χ3v) is 6.69. The normalized spacial score (nSPS) is 17.6. The van der Waals surface area contributed by atoms with Crippen LogP contribution in [0.3, 0.4) is 0 Å². The van der Waals surface area contributed by atoms with Gasteiger partial charge in [0.25, 0.3) is 0 Å². The Morgan fingerprint density at radius 3 is 2.38 bits per heavy atom. The highest BCUT2D eigenvalue weighted by Gasteiger charge is 2.37. The highest BCUT2D eigenvalue weighted by atomic mass is 32.2. The van der Waals surface area contributed by atoms with Gasteiger partial charge in [-0.1, -0.05) is 25.0 Å². The van der Waals surface area contributed by atoms with Crippen LogP contribution in [0.4, 0.5) is 5.69 Å². The lowest BCUT2D eigenvalue weighted by molar-refractivity contribution is -0.115. The van der Waals surface area contributed by atoms with Gasteiger partial charge in [-0.15, -0.1) is 0 Å². The van der Waals surface area contributed by atoms with Crippen molar-refractivity contribution in [1.82, 2.24) is 0 Å². The van der Waals surface area contributed by atoms with Crippen molar-refractivity contribution in [3.05, 3.63) is 29.8 Å². The number of sulfone groups is 1. The van der Waals surface area contributed by atoms with Crippen LogP contribution in [0.5, 0.6) is 0 Å². The molecule has 116 valence electrons. The zero-order chi connectivity index (χ0) is 15.5. The van der Waals surface area contributed by atoms with E-state index in [2.05, 4.69) is 5.32 Å². The first kappa shape index (κ1) is 16.0. The van der Waals surface area contributed by atoms with E-state index in [-0.39, 0.29) is 5.25 Å². The van der Waals surface area contributed by atoms with Crippen LogP contribution in [0.2, 0.25) is 0 Å². The molecule has 0 saturated heterocycles. The fourth-order valence-corrected chi connectivity index (χ4v) is 4.55. The minimum atomic E-state index is -3.40. The van der Waals surface area contributed by atoms with Gasteiger partial charge in [0.2, 0.25) is 5.91 Å². The summed E-state index contributed by atoms with van der Waals surface area (Å²) in [7, 11) is -3.40. The van der Waals surface area contributed by atoms with Gasteiger partial charge in [-0.05, 0) is 37.5 Å². The van der Waals surface area contributed by atoms with Gasteiger partial charge in [0.05, 0.1) is 5.25 Å². The number of carbonyl (C=O) groups excluding carboxylic acids is 1. The standard InChI is InChI=1S/C15H22N2O3S/c1-11(21(19,20)14-4-2-3-5-14)15(18)17-13-8-6-12(10-16)7-9-13/h6-9,11,14H,2-5,10,16H2,1H3,(H,17,18). The second-order valence-corrected chi connectivity index (χ2v) is 8.08. The average molecular weight is 310 g/mol. The van der Waals surface area contributed by atoms with Gasteiger partial charge in [-0.2, -0.15) is 0 Å². The molecule has 1 saturated carbocycles. The van der Waals surface area contributed by atoms with Gasteiger partial charge in [0, 0.05) is 12.2 Å². The van der Waals surface area contributed by atoms with Crippen molar-refractivity contribution in [3.63, 3.8) is 0 Å². The number of amides is 1. The Kier molecular flexibility index (Phi) is 5.00. The number of benzene rings is 1. The Hall–Kier alpha value is -1.40. The second kappa shape index (κ2) is 6.58. The van der Waals surface area contributed by atoms with E-state index in [1.165, 1.54) is 6.92 Å². The topological polar surface area (TPSA) is 89.3 Å². The molecule has 1 aromatic rings. The van der Waals surface area contributed by atoms with Gasteiger partial charge in [0.1, 0.15) is 5.25 Å². The summed E-state index contributed by atoms with van der Waals surface area (Å²) in [5, 5.41) is 1.28. The van der Waals surface area contributed by atoms with E-state index >= 15 is 0 Å². The van der Waals surface area contributed by atoms with Crippen molar-refractivity contribution in [2.75, 3.05) is 5.32 Å². The van der Waals surface area contributed by atoms with Crippen LogP contribution in [-0.2, 0) is 21.2 Å². The summed E-state index contributed by atoms with van der Waals surface area (Å²) in [5.41, 5.74) is 7.06. The third-order valence-electron chi connectivity index (χ3n) is 4.09. The van der Waals surface area contributed by atoms with Crippen molar-refractivity contribution < 1.29 is 13.2 Å². The number of nitrogens with one attached hydrogen (secondary N) is 1. The summed E-state index contributed by atoms with van der Waals surface area (Å²) < 4.78 is 24.8. The van der Waals surface area contributed by atoms with Crippen LogP contribution in [0, 0.1) is 0 Å². The molecule has 0 spiro atoms. The maximum atomic E-state index is 12.4. The molecule has 1 aromatic carbocycles. The minimum Gasteiger partial charge on any atom is -0.326 e. The van der Waals surface area contributed by atoms with Gasteiger partial charge in [-0.3, -0.25) is 4.79 Å². The largest absolute Gasteiger partial charge is 0.326 e. The number of anilines is 1. The molecular formula is C15H22N2O3S. The van der Waals surface area contributed by atoms with E-state index in [4.69, 9.17) is 5.73 Å². The van der Waals surface area contributed by atoms with E-state index in [1.54, 1.807) is 12.1 Å². The summed E-state index contributed by atoms with van der Waals surface area (Å²) in [6.45, 7) is 1.90. The van der Waals surface area contributed by atoms with Crippen molar-refractivity contribution >= 4 is 21.4 Å². The zero-order valence-electron chi connectivity index (χ0n) is 12.2. The fraction of sp³-hybridized carbons (Fsp3) is 0.533. The number of nitrogens with two attached hydrogens (primary N) is 1. The Morgan fingerprint density at radius 1 is 1.29 bits per heavy atom. The molecule has 1 amide bonds. The first-order valence-corrected chi connectivity index (χ1v) is 8.88. The molecule has 0 aromatic heterocycles. The first-order chi connectivity index (χ1) is 9.95. The van der Waals surface area contributed by atoms with Crippen molar-refractivity contribution in [2.24, 2.45) is 5.73 Å². The van der Waals surface area contributed by atoms with Crippen LogP contribution >= 0.6 is 0 Å². The van der Waals surface area contributed by atoms with E-state index in [0.29, 0.717) is 25.1 Å². The third kappa shape index (κ3) is 3.63. The first-order valence-electron chi connectivity index (χ1n) is 7.27. The highest BCUT2D eigenvalue weighted by molar-refractivity contribution is 7.93. The van der Waals surface area contributed by atoms with Gasteiger partial charge in [-0.25, -0.2) is 8.42 Å². The molecule has 1 atom stereocenters. The van der Waals surface area contributed by atoms with Crippen LogP contribution in [-0.4, -0.2) is 24.8 Å². The molecule has 21 heavy (non-hydrogen) atoms. The van der Waals surface area contributed by atoms with Crippen molar-refractivity contribution in [1.29, 1.82) is 0 Å². The smallest absolute Gasteiger partial charge is 0.242 e. The van der Waals surface area contributed by atoms with Crippen molar-refractivity contribution in [3.8, 4) is 0 Å². The van der Waals surface area contributed by atoms with E-state index in [9.17, 15) is 13.2 Å². The average Bonchev–Trinajstić information content (AvgIpc) is 3.02. The molecular weight excluding hydrogens is 288 g/mol. The van der Waals surface area contributed by atoms with Gasteiger partial charge >= 0.3 is 0 Å². The monoisotopic (exact) mass is 310 g/mol. The molecule has 3 N–H and O–H groups in total. The quantitative estimate of drug-likeness (QED) is 0.868. The SMILES string of the molecule is CC(C(=O)Nc1ccc(CN)cc1)S(=O)(=O)C1CCCC1. The molecule has 0 radical (unpaired) electrons. The zero-order valence-corrected chi connectivity index (χ0v) is 13.0. The van der Waals surface area contributed by atoms with E-state index in [0.717, 1.165) is 18.4 Å². The lowest BCUT2D eigenvalue weighted by Crippen LogP contribution is -2.37. The van der Waals surface area contributed by atoms with Crippen LogP contribution in [0.15, 0.2) is 24.3 Å². The fourth-order valence-electron chi connectivity index (χ4n) is 2.62. The van der Waals surface area contributed by atoms with Crippen LogP contribution < -0.4 is 11.1 Å². The maximum absolute atomic E-state index is 12.4. The Bertz CT molecular complexity index is 590. The van der Waals surface area contributed by atoms with Crippen LogP contribution in [0.25, 0.3) is 0 Å². The molecule has 0 heterocycles. The lowest BCUT2D eigenvalue weighted by atomic mass is 10.2. The molecule has 1 aliphatic carbocycles. The van der Waals surface area contributed by atoms with E-state index < -0.39 is 21.0 Å². The Balaban J connectivity index is 2.04.